The van der Waals surface area contributed by atoms with Gasteiger partial charge in [-0.15, -0.1) is 0 Å². The van der Waals surface area contributed by atoms with Crippen LogP contribution < -0.4 is 34.0 Å². The van der Waals surface area contributed by atoms with Gasteiger partial charge in [-0.25, -0.2) is 0 Å². The number of aliphatic hydroxyl groups excluding tert-OH is 7. The van der Waals surface area contributed by atoms with Crippen LogP contribution in [0.4, 0.5) is 0 Å². The van der Waals surface area contributed by atoms with Crippen LogP contribution in [0.2, 0.25) is 0 Å². The Morgan fingerprint density at radius 2 is 1.40 bits per heavy atom. The molecule has 1 aliphatic carbocycles. The summed E-state index contributed by atoms with van der Waals surface area (Å²) in [5.41, 5.74) is 29.2. The zero-order valence-corrected chi connectivity index (χ0v) is 24.8. The minimum Gasteiger partial charge on any atom is -0.394 e. The predicted molar refractivity (Wildman–Crippen MR) is 148 cm³/mol. The fraction of sp³-hybridized carbons (Fsp3) is 0.955. The summed E-state index contributed by atoms with van der Waals surface area (Å²) in [6.45, 7) is -0.817. The molecule has 2 saturated heterocycles. The molecule has 2 heterocycles. The molecule has 1 saturated carbocycles. The summed E-state index contributed by atoms with van der Waals surface area (Å²) in [7, 11) is -4.67. The molecule has 0 unspecified atom stereocenters. The summed E-state index contributed by atoms with van der Waals surface area (Å²) >= 11 is 0. The monoisotopic (exact) mass is 682 g/mol. The van der Waals surface area contributed by atoms with Gasteiger partial charge in [-0.2, -0.15) is 8.42 Å². The van der Waals surface area contributed by atoms with Crippen LogP contribution in [-0.4, -0.2) is 177 Å². The Hall–Kier alpha value is -1.30. The largest absolute Gasteiger partial charge is 0.394 e. The minimum atomic E-state index is -4.67. The van der Waals surface area contributed by atoms with Crippen LogP contribution >= 0.6 is 0 Å². The minimum absolute atomic E-state index is 0.0219. The van der Waals surface area contributed by atoms with E-state index in [1.807, 2.05) is 0 Å². The van der Waals surface area contributed by atoms with E-state index in [0.29, 0.717) is 0 Å². The molecule has 45 heavy (non-hydrogen) atoms. The van der Waals surface area contributed by atoms with Crippen molar-refractivity contribution in [1.82, 2.24) is 5.32 Å². The fourth-order valence-electron chi connectivity index (χ4n) is 5.11. The first-order valence-electron chi connectivity index (χ1n) is 13.8. The Morgan fingerprint density at radius 1 is 0.844 bits per heavy atom. The highest BCUT2D eigenvalue weighted by Gasteiger charge is 2.52. The Labute approximate surface area is 257 Å². The molecule has 0 aromatic rings. The molecule has 1 amide bonds. The van der Waals surface area contributed by atoms with Crippen molar-refractivity contribution >= 4 is 16.3 Å². The van der Waals surface area contributed by atoms with Crippen LogP contribution in [0.1, 0.15) is 12.8 Å². The van der Waals surface area contributed by atoms with Crippen molar-refractivity contribution < 1.29 is 77.0 Å². The molecule has 22 nitrogen and oxygen atoms in total. The topological polar surface area (TPSA) is 412 Å². The lowest BCUT2D eigenvalue weighted by molar-refractivity contribution is -0.319. The Bertz CT molecular complexity index is 1020. The Balaban J connectivity index is 0.00000130. The lowest BCUT2D eigenvalue weighted by Crippen LogP contribution is -2.70. The van der Waals surface area contributed by atoms with Crippen LogP contribution in [-0.2, 0) is 34.1 Å². The molecule has 3 rings (SSSR count). The van der Waals surface area contributed by atoms with Crippen molar-refractivity contribution in [2.45, 2.75) is 111 Å². The molecule has 0 radical (unpaired) electrons. The second-order valence-electron chi connectivity index (χ2n) is 10.9. The lowest BCUT2D eigenvalue weighted by atomic mass is 9.83. The molecule has 0 aromatic carbocycles. The van der Waals surface area contributed by atoms with Gasteiger partial charge < -0.3 is 88.7 Å². The number of aliphatic hydroxyl groups is 7. The highest BCUT2D eigenvalue weighted by molar-refractivity contribution is 7.79. The van der Waals surface area contributed by atoms with Gasteiger partial charge in [0, 0.05) is 12.6 Å². The van der Waals surface area contributed by atoms with Crippen LogP contribution in [0.3, 0.4) is 0 Å². The third-order valence-corrected chi connectivity index (χ3v) is 7.59. The smallest absolute Gasteiger partial charge is 0.394 e. The molecule has 0 aromatic heterocycles. The van der Waals surface area contributed by atoms with Gasteiger partial charge in [-0.3, -0.25) is 13.9 Å². The Morgan fingerprint density at radius 3 is 1.93 bits per heavy atom. The van der Waals surface area contributed by atoms with Crippen molar-refractivity contribution in [3.63, 3.8) is 0 Å². The molecule has 16 atom stereocenters. The van der Waals surface area contributed by atoms with E-state index in [4.69, 9.17) is 65.1 Å². The summed E-state index contributed by atoms with van der Waals surface area (Å²) in [6, 6.07) is -4.61. The van der Waals surface area contributed by atoms with E-state index in [1.54, 1.807) is 0 Å². The third-order valence-electron chi connectivity index (χ3n) is 7.59. The normalized spacial score (nSPS) is 43.1. The highest BCUT2D eigenvalue weighted by atomic mass is 32.3. The molecule has 266 valence electrons. The number of carbonyl (C=O) groups is 1. The van der Waals surface area contributed by atoms with Crippen molar-refractivity contribution in [3.05, 3.63) is 0 Å². The van der Waals surface area contributed by atoms with Gasteiger partial charge in [0.15, 0.2) is 12.6 Å². The van der Waals surface area contributed by atoms with Gasteiger partial charge >= 0.3 is 10.4 Å². The quantitative estimate of drug-likeness (QED) is 0.0951. The predicted octanol–water partition coefficient (Wildman–Crippen LogP) is -9.11. The standard InChI is InChI=1S/C22H44N6O12.H2O4S/c23-2-1-8(30)20(36)28-7-3-6(25)18(39-21-12(27)15(33)14(32)9(4-24)37-21)17(35)19(7)40-22-16(34)11(26)13(31)10(5-29)38-22;1-5(2,3)4/h6-19,21-22,29-35H,1-5,23-27H2,(H,28,36);(H2,1,2,3,4)/t6-,7+,8-,9+,10+,11-,12+,13+,14+,15+,16+,17-,18+,19-,21+,22+;/m0./s1. The van der Waals surface area contributed by atoms with E-state index in [-0.39, 0.29) is 25.9 Å². The first-order chi connectivity index (χ1) is 20.9. The van der Waals surface area contributed by atoms with Gasteiger partial charge in [-0.1, -0.05) is 0 Å². The number of rotatable bonds is 10. The van der Waals surface area contributed by atoms with Crippen molar-refractivity contribution in [1.29, 1.82) is 0 Å². The van der Waals surface area contributed by atoms with Crippen molar-refractivity contribution in [2.24, 2.45) is 28.7 Å². The second-order valence-corrected chi connectivity index (χ2v) is 11.8. The molecular weight excluding hydrogens is 636 g/mol. The van der Waals surface area contributed by atoms with Gasteiger partial charge in [0.25, 0.3) is 0 Å². The second kappa shape index (κ2) is 17.2. The van der Waals surface area contributed by atoms with Crippen LogP contribution in [0, 0.1) is 0 Å². The molecule has 0 bridgehead atoms. The maximum Gasteiger partial charge on any atom is 0.394 e. The summed E-state index contributed by atoms with van der Waals surface area (Å²) in [5.74, 6) is -0.825. The number of nitrogens with one attached hydrogen (secondary N) is 1. The van der Waals surface area contributed by atoms with Crippen molar-refractivity contribution in [2.75, 3.05) is 19.7 Å². The van der Waals surface area contributed by atoms with E-state index >= 15 is 0 Å². The highest BCUT2D eigenvalue weighted by Crippen LogP contribution is 2.31. The number of nitrogens with two attached hydrogens (primary N) is 5. The number of hydrogen-bond acceptors (Lipinski definition) is 19. The summed E-state index contributed by atoms with van der Waals surface area (Å²) in [6.07, 6.45) is -17.1. The molecule has 20 N–H and O–H groups in total. The van der Waals surface area contributed by atoms with Crippen LogP contribution in [0.5, 0.6) is 0 Å². The summed E-state index contributed by atoms with van der Waals surface area (Å²) in [5, 5.41) is 74.8. The SMILES string of the molecule is NCC[C@H](O)C(=O)N[C@@H]1C[C@H](N)[C@@H](O[C@H]2O[C@H](CN)[C@@H](O)[C@H](O)[C@H]2N)[C@H](O)[C@H]1O[C@H]1O[C@H](CO)[C@@H](O)[C@H](N)[C@H]1O.O=S(=O)(O)O. The van der Waals surface area contributed by atoms with E-state index in [0.717, 1.165) is 0 Å². The molecule has 2 aliphatic heterocycles. The number of hydrogen-bond donors (Lipinski definition) is 15. The number of ether oxygens (including phenoxy) is 4. The van der Waals surface area contributed by atoms with Crippen molar-refractivity contribution in [3.8, 4) is 0 Å². The molecule has 0 spiro atoms. The zero-order chi connectivity index (χ0) is 34.4. The molecule has 23 heteroatoms. The fourth-order valence-corrected chi connectivity index (χ4v) is 5.11. The first kappa shape index (κ1) is 39.9. The molecule has 3 fully saturated rings. The summed E-state index contributed by atoms with van der Waals surface area (Å²) in [4.78, 5) is 12.6. The maximum absolute atomic E-state index is 12.6. The van der Waals surface area contributed by atoms with Crippen LogP contribution in [0.25, 0.3) is 0 Å². The Kier molecular flexibility index (Phi) is 15.2. The van der Waals surface area contributed by atoms with E-state index in [9.17, 15) is 40.5 Å². The average molecular weight is 683 g/mol. The van der Waals surface area contributed by atoms with Crippen LogP contribution in [0.15, 0.2) is 0 Å². The number of amides is 1. The average Bonchev–Trinajstić information content (AvgIpc) is 2.96. The first-order valence-corrected chi connectivity index (χ1v) is 15.2. The number of carbonyl (C=O) groups excluding carboxylic acids is 1. The van der Waals surface area contributed by atoms with Gasteiger partial charge in [0.1, 0.15) is 61.0 Å². The molecular formula is C22H46N6O16S. The lowest BCUT2D eigenvalue weighted by Gasteiger charge is -2.49. The summed E-state index contributed by atoms with van der Waals surface area (Å²) < 4.78 is 54.4. The van der Waals surface area contributed by atoms with Gasteiger partial charge in [0.05, 0.1) is 24.7 Å². The van der Waals surface area contributed by atoms with E-state index in [2.05, 4.69) is 5.32 Å². The maximum atomic E-state index is 12.6. The molecule has 3 aliphatic rings. The zero-order valence-electron chi connectivity index (χ0n) is 24.0. The van der Waals surface area contributed by atoms with Gasteiger partial charge in [0.2, 0.25) is 5.91 Å². The van der Waals surface area contributed by atoms with E-state index in [1.165, 1.54) is 0 Å². The third kappa shape index (κ3) is 10.6. The van der Waals surface area contributed by atoms with E-state index < -0.39 is 121 Å². The van der Waals surface area contributed by atoms with Gasteiger partial charge in [-0.05, 0) is 19.4 Å².